The first kappa shape index (κ1) is 17.7. The molecule has 3 N–H and O–H groups in total. The molecule has 0 bridgehead atoms. The Morgan fingerprint density at radius 3 is 3.10 bits per heavy atom. The second-order valence-electron chi connectivity index (χ2n) is 7.39. The van der Waals surface area contributed by atoms with Gasteiger partial charge in [-0.3, -0.25) is 4.79 Å². The van der Waals surface area contributed by atoms with E-state index in [-0.39, 0.29) is 41.2 Å². The lowest BCUT2D eigenvalue weighted by molar-refractivity contribution is 0.0529. The molecule has 2 aliphatic rings. The van der Waals surface area contributed by atoms with Crippen LogP contribution in [0.15, 0.2) is 29.3 Å². The summed E-state index contributed by atoms with van der Waals surface area (Å²) in [5.41, 5.74) is 6.37. The maximum atomic E-state index is 13.8. The van der Waals surface area contributed by atoms with Crippen molar-refractivity contribution in [3.8, 4) is 0 Å². The molecule has 1 aliphatic carbocycles. The van der Waals surface area contributed by atoms with Crippen LogP contribution in [0.2, 0.25) is 0 Å². The van der Waals surface area contributed by atoms with Crippen LogP contribution in [0.25, 0.3) is 5.65 Å². The minimum atomic E-state index is -0.591. The van der Waals surface area contributed by atoms with E-state index in [1.807, 2.05) is 4.90 Å². The molecule has 1 saturated heterocycles. The molecule has 150 valence electrons. The third kappa shape index (κ3) is 2.74. The average molecular weight is 398 g/mol. The zero-order valence-electron chi connectivity index (χ0n) is 15.6. The van der Waals surface area contributed by atoms with Crippen LogP contribution in [0, 0.1) is 17.7 Å². The van der Waals surface area contributed by atoms with E-state index < -0.39 is 11.8 Å². The number of nitrogens with two attached hydrogens (primary N) is 1. The highest BCUT2D eigenvalue weighted by Gasteiger charge is 2.54. The van der Waals surface area contributed by atoms with Gasteiger partial charge in [0.2, 0.25) is 0 Å². The van der Waals surface area contributed by atoms with Gasteiger partial charge >= 0.3 is 5.97 Å². The van der Waals surface area contributed by atoms with Crippen molar-refractivity contribution in [2.75, 3.05) is 23.8 Å². The molecular weight excluding hydrogens is 379 g/mol. The highest BCUT2D eigenvalue weighted by molar-refractivity contribution is 6.00. The number of aromatic amines is 1. The third-order valence-corrected chi connectivity index (χ3v) is 5.64. The number of anilines is 2. The molecule has 3 aromatic rings. The summed E-state index contributed by atoms with van der Waals surface area (Å²) < 4.78 is 20.3. The van der Waals surface area contributed by atoms with Crippen molar-refractivity contribution in [3.63, 3.8) is 0 Å². The quantitative estimate of drug-likeness (QED) is 0.640. The number of H-pyrrole nitrogens is 1. The molecular formula is C19H19FN6O3. The van der Waals surface area contributed by atoms with Crippen LogP contribution in [0.5, 0.6) is 0 Å². The van der Waals surface area contributed by atoms with Crippen LogP contribution < -0.4 is 16.2 Å². The van der Waals surface area contributed by atoms with Crippen molar-refractivity contribution in [2.45, 2.75) is 19.4 Å². The van der Waals surface area contributed by atoms with Crippen molar-refractivity contribution >= 4 is 23.3 Å². The molecule has 10 heteroatoms. The predicted octanol–water partition coefficient (Wildman–Crippen LogP) is 1.51. The molecule has 1 aliphatic heterocycles. The number of halogens is 1. The molecule has 0 aromatic carbocycles. The van der Waals surface area contributed by atoms with E-state index in [0.717, 1.165) is 12.6 Å². The lowest BCUT2D eigenvalue weighted by atomic mass is 10.0. The van der Waals surface area contributed by atoms with Gasteiger partial charge in [-0.25, -0.2) is 18.7 Å². The van der Waals surface area contributed by atoms with Gasteiger partial charge in [-0.15, -0.1) is 5.10 Å². The minimum absolute atomic E-state index is 0.0375. The van der Waals surface area contributed by atoms with Crippen LogP contribution in [-0.2, 0) is 4.74 Å². The van der Waals surface area contributed by atoms with Crippen molar-refractivity contribution in [2.24, 2.45) is 11.8 Å². The number of carbonyl (C=O) groups is 1. The Hall–Kier alpha value is -3.43. The number of piperidine rings is 1. The SMILES string of the molecule is CCOC(=O)c1c(N)nn2ccc(N3CC4CC4C3c3cc(F)c[nH]c3=O)nc12. The number of nitrogens with one attached hydrogen (secondary N) is 1. The zero-order chi connectivity index (χ0) is 20.3. The minimum Gasteiger partial charge on any atom is -0.462 e. The number of nitrogen functional groups attached to an aromatic ring is 1. The molecule has 1 saturated carbocycles. The van der Waals surface area contributed by atoms with E-state index in [4.69, 9.17) is 10.5 Å². The zero-order valence-corrected chi connectivity index (χ0v) is 15.6. The fourth-order valence-corrected chi connectivity index (χ4v) is 4.29. The molecule has 0 spiro atoms. The van der Waals surface area contributed by atoms with Gasteiger partial charge in [-0.1, -0.05) is 0 Å². The summed E-state index contributed by atoms with van der Waals surface area (Å²) in [6.45, 7) is 2.61. The monoisotopic (exact) mass is 398 g/mol. The first-order valence-electron chi connectivity index (χ1n) is 9.44. The van der Waals surface area contributed by atoms with Gasteiger partial charge < -0.3 is 20.4 Å². The molecule has 0 amide bonds. The Bertz CT molecular complexity index is 1190. The number of ether oxygens (including phenoxy) is 1. The molecule has 3 aromatic heterocycles. The van der Waals surface area contributed by atoms with E-state index in [2.05, 4.69) is 15.1 Å². The topological polar surface area (TPSA) is 119 Å². The summed E-state index contributed by atoms with van der Waals surface area (Å²) in [6.07, 6.45) is 3.71. The molecule has 0 radical (unpaired) electrons. The van der Waals surface area contributed by atoms with Crippen molar-refractivity contribution in [1.82, 2.24) is 19.6 Å². The molecule has 2 fully saturated rings. The highest BCUT2D eigenvalue weighted by Crippen LogP contribution is 2.56. The van der Waals surface area contributed by atoms with E-state index >= 15 is 0 Å². The van der Waals surface area contributed by atoms with E-state index in [1.165, 1.54) is 10.6 Å². The van der Waals surface area contributed by atoms with Gasteiger partial charge in [0.1, 0.15) is 17.2 Å². The molecule has 9 nitrogen and oxygen atoms in total. The Morgan fingerprint density at radius 2 is 2.31 bits per heavy atom. The fraction of sp³-hybridized carbons (Fsp3) is 0.368. The Balaban J connectivity index is 1.59. The van der Waals surface area contributed by atoms with E-state index in [1.54, 1.807) is 19.2 Å². The Morgan fingerprint density at radius 1 is 1.48 bits per heavy atom. The number of hydrogen-bond donors (Lipinski definition) is 2. The van der Waals surface area contributed by atoms with Crippen LogP contribution in [-0.4, -0.2) is 38.7 Å². The standard InChI is InChI=1S/C19H19FN6O3/c1-2-29-19(28)14-16(21)24-26-4-3-13(23-17(14)26)25-8-9-5-11(9)15(25)12-6-10(20)7-22-18(12)27/h3-4,6-7,9,11,15H,2,5,8H2,1H3,(H2,21,24)(H,22,27). The van der Waals surface area contributed by atoms with Gasteiger partial charge in [-0.2, -0.15) is 0 Å². The van der Waals surface area contributed by atoms with Crippen molar-refractivity contribution < 1.29 is 13.9 Å². The van der Waals surface area contributed by atoms with Crippen molar-refractivity contribution in [3.05, 3.63) is 51.8 Å². The maximum absolute atomic E-state index is 13.8. The number of nitrogens with zero attached hydrogens (tertiary/aromatic N) is 4. The molecule has 4 heterocycles. The van der Waals surface area contributed by atoms with Crippen LogP contribution >= 0.6 is 0 Å². The summed E-state index contributed by atoms with van der Waals surface area (Å²) in [5, 5.41) is 4.12. The van der Waals surface area contributed by atoms with Crippen LogP contribution in [0.3, 0.4) is 0 Å². The first-order valence-corrected chi connectivity index (χ1v) is 9.44. The molecule has 3 unspecified atom stereocenters. The highest BCUT2D eigenvalue weighted by atomic mass is 19.1. The lowest BCUT2D eigenvalue weighted by Crippen LogP contribution is -2.31. The Kier molecular flexibility index (Phi) is 3.83. The van der Waals surface area contributed by atoms with E-state index in [9.17, 15) is 14.0 Å². The first-order chi connectivity index (χ1) is 14.0. The van der Waals surface area contributed by atoms with Crippen LogP contribution in [0.4, 0.5) is 16.0 Å². The van der Waals surface area contributed by atoms with Gasteiger partial charge in [0.05, 0.1) is 12.6 Å². The number of hydrogen-bond acceptors (Lipinski definition) is 7. The van der Waals surface area contributed by atoms with Gasteiger partial charge in [0, 0.05) is 24.5 Å². The summed E-state index contributed by atoms with van der Waals surface area (Å²) >= 11 is 0. The molecule has 5 rings (SSSR count). The number of aromatic nitrogens is 4. The number of pyridine rings is 1. The van der Waals surface area contributed by atoms with Gasteiger partial charge in [0.25, 0.3) is 5.56 Å². The fourth-order valence-electron chi connectivity index (χ4n) is 4.29. The Labute approximate surface area is 164 Å². The second-order valence-corrected chi connectivity index (χ2v) is 7.39. The van der Waals surface area contributed by atoms with Gasteiger partial charge in [0.15, 0.2) is 11.5 Å². The number of carbonyl (C=O) groups excluding carboxylic acids is 1. The summed E-state index contributed by atoms with van der Waals surface area (Å²) in [5.74, 6) is 0.238. The second kappa shape index (κ2) is 6.29. The number of esters is 1. The summed E-state index contributed by atoms with van der Waals surface area (Å²) in [7, 11) is 0. The summed E-state index contributed by atoms with van der Waals surface area (Å²) in [6, 6.07) is 2.76. The normalized spacial score (nSPS) is 22.7. The largest absolute Gasteiger partial charge is 0.462 e. The van der Waals surface area contributed by atoms with E-state index in [0.29, 0.717) is 23.8 Å². The maximum Gasteiger partial charge on any atom is 0.345 e. The number of fused-ring (bicyclic) bond motifs is 2. The molecule has 29 heavy (non-hydrogen) atoms. The molecule has 3 atom stereocenters. The van der Waals surface area contributed by atoms with Crippen LogP contribution in [0.1, 0.15) is 35.3 Å². The van der Waals surface area contributed by atoms with Crippen molar-refractivity contribution in [1.29, 1.82) is 0 Å². The number of rotatable bonds is 4. The smallest absolute Gasteiger partial charge is 0.345 e. The predicted molar refractivity (Wildman–Crippen MR) is 102 cm³/mol. The third-order valence-electron chi connectivity index (χ3n) is 5.64. The summed E-state index contributed by atoms with van der Waals surface area (Å²) in [4.78, 5) is 33.7. The lowest BCUT2D eigenvalue weighted by Gasteiger charge is -2.28. The average Bonchev–Trinajstić information content (AvgIpc) is 3.22. The van der Waals surface area contributed by atoms with Gasteiger partial charge in [-0.05, 0) is 37.3 Å².